The lowest BCUT2D eigenvalue weighted by Gasteiger charge is -2.11. The van der Waals surface area contributed by atoms with Crippen LogP contribution in [0.4, 0.5) is 5.00 Å². The highest BCUT2D eigenvalue weighted by Crippen LogP contribution is 2.36. The zero-order chi connectivity index (χ0) is 23.5. The Hall–Kier alpha value is -2.68. The Kier molecular flexibility index (Phi) is 7.17. The van der Waals surface area contributed by atoms with Gasteiger partial charge < -0.3 is 15.8 Å². The monoisotopic (exact) mass is 586 g/mol. The number of anilines is 1. The van der Waals surface area contributed by atoms with E-state index in [0.29, 0.717) is 22.7 Å². The topological polar surface area (TPSA) is 81.4 Å². The number of carbonyl (C=O) groups excluding carboxylic acids is 2. The van der Waals surface area contributed by atoms with Crippen LogP contribution in [-0.4, -0.2) is 18.4 Å². The molecule has 3 aromatic carbocycles. The summed E-state index contributed by atoms with van der Waals surface area (Å²) in [7, 11) is 0. The SMILES string of the molecule is Cc1c(Cc2ccccc2)sc(NC(=O)COc2ccc3cc(Br)ccc3c2Br)c1C(N)=O. The summed E-state index contributed by atoms with van der Waals surface area (Å²) in [4.78, 5) is 25.7. The second-order valence-electron chi connectivity index (χ2n) is 7.46. The summed E-state index contributed by atoms with van der Waals surface area (Å²) in [5.41, 5.74) is 7.87. The van der Waals surface area contributed by atoms with Crippen molar-refractivity contribution in [2.45, 2.75) is 13.3 Å². The molecule has 33 heavy (non-hydrogen) atoms. The van der Waals surface area contributed by atoms with Gasteiger partial charge in [-0.15, -0.1) is 11.3 Å². The van der Waals surface area contributed by atoms with Crippen LogP contribution in [0.15, 0.2) is 69.6 Å². The Morgan fingerprint density at radius 2 is 1.82 bits per heavy atom. The second-order valence-corrected chi connectivity index (χ2v) is 10.3. The molecule has 1 aromatic heterocycles. The predicted molar refractivity (Wildman–Crippen MR) is 140 cm³/mol. The summed E-state index contributed by atoms with van der Waals surface area (Å²) in [5.74, 6) is -0.377. The molecule has 2 amide bonds. The number of nitrogens with one attached hydrogen (secondary N) is 1. The minimum atomic E-state index is -0.567. The van der Waals surface area contributed by atoms with E-state index in [2.05, 4.69) is 37.2 Å². The van der Waals surface area contributed by atoms with Crippen LogP contribution in [0.25, 0.3) is 10.8 Å². The molecule has 3 N–H and O–H groups in total. The number of nitrogens with two attached hydrogens (primary N) is 1. The van der Waals surface area contributed by atoms with Crippen LogP contribution in [-0.2, 0) is 11.2 Å². The van der Waals surface area contributed by atoms with E-state index in [9.17, 15) is 9.59 Å². The number of benzene rings is 3. The molecule has 0 atom stereocenters. The van der Waals surface area contributed by atoms with Crippen molar-refractivity contribution in [1.29, 1.82) is 0 Å². The molecule has 0 bridgehead atoms. The van der Waals surface area contributed by atoms with Crippen LogP contribution < -0.4 is 15.8 Å². The minimum Gasteiger partial charge on any atom is -0.483 e. The van der Waals surface area contributed by atoms with E-state index in [1.165, 1.54) is 11.3 Å². The summed E-state index contributed by atoms with van der Waals surface area (Å²) in [6, 6.07) is 19.6. The lowest BCUT2D eigenvalue weighted by molar-refractivity contribution is -0.118. The lowest BCUT2D eigenvalue weighted by Crippen LogP contribution is -2.22. The summed E-state index contributed by atoms with van der Waals surface area (Å²) in [5, 5.41) is 5.27. The predicted octanol–water partition coefficient (Wildman–Crippen LogP) is 6.44. The van der Waals surface area contributed by atoms with Gasteiger partial charge in [-0.2, -0.15) is 0 Å². The molecule has 4 aromatic rings. The number of fused-ring (bicyclic) bond motifs is 1. The van der Waals surface area contributed by atoms with Crippen molar-refractivity contribution in [3.05, 3.63) is 91.2 Å². The third kappa shape index (κ3) is 5.29. The van der Waals surface area contributed by atoms with Gasteiger partial charge >= 0.3 is 0 Å². The standard InChI is InChI=1S/C25H20Br2N2O3S/c1-14-20(11-15-5-3-2-4-6-15)33-25(22(14)24(28)31)29-21(30)13-32-19-10-7-16-12-17(26)8-9-18(16)23(19)27/h2-10,12H,11,13H2,1H3,(H2,28,31)(H,29,30). The highest BCUT2D eigenvalue weighted by Gasteiger charge is 2.21. The molecule has 0 unspecified atom stereocenters. The van der Waals surface area contributed by atoms with E-state index in [0.717, 1.165) is 35.7 Å². The molecular weight excluding hydrogens is 568 g/mol. The number of rotatable bonds is 7. The van der Waals surface area contributed by atoms with E-state index in [1.807, 2.05) is 67.6 Å². The summed E-state index contributed by atoms with van der Waals surface area (Å²) in [6.45, 7) is 1.65. The third-order valence-electron chi connectivity index (χ3n) is 5.19. The van der Waals surface area contributed by atoms with Gasteiger partial charge in [0.2, 0.25) is 0 Å². The molecule has 168 valence electrons. The first-order valence-corrected chi connectivity index (χ1v) is 12.5. The van der Waals surface area contributed by atoms with Crippen LogP contribution in [0.5, 0.6) is 5.75 Å². The second kappa shape index (κ2) is 10.1. The average molecular weight is 588 g/mol. The van der Waals surface area contributed by atoms with E-state index < -0.39 is 5.91 Å². The molecular formula is C25H20Br2N2O3S. The number of halogens is 2. The largest absolute Gasteiger partial charge is 0.483 e. The average Bonchev–Trinajstić information content (AvgIpc) is 3.08. The highest BCUT2D eigenvalue weighted by atomic mass is 79.9. The maximum Gasteiger partial charge on any atom is 0.262 e. The number of hydrogen-bond donors (Lipinski definition) is 2. The quantitative estimate of drug-likeness (QED) is 0.261. The van der Waals surface area contributed by atoms with Crippen molar-refractivity contribution in [3.8, 4) is 5.75 Å². The molecule has 4 rings (SSSR count). The Bertz CT molecular complexity index is 1350. The smallest absolute Gasteiger partial charge is 0.262 e. The molecule has 5 nitrogen and oxygen atoms in total. The Morgan fingerprint density at radius 3 is 2.55 bits per heavy atom. The molecule has 0 spiro atoms. The molecule has 0 aliphatic carbocycles. The maximum absolute atomic E-state index is 12.7. The van der Waals surface area contributed by atoms with Gasteiger partial charge in [-0.1, -0.05) is 58.4 Å². The normalized spacial score (nSPS) is 10.9. The van der Waals surface area contributed by atoms with E-state index in [1.54, 1.807) is 0 Å². The minimum absolute atomic E-state index is 0.205. The molecule has 0 saturated heterocycles. The number of carbonyl (C=O) groups is 2. The Morgan fingerprint density at radius 1 is 1.06 bits per heavy atom. The molecule has 0 aliphatic rings. The van der Waals surface area contributed by atoms with Crippen molar-refractivity contribution in [3.63, 3.8) is 0 Å². The van der Waals surface area contributed by atoms with Crippen LogP contribution in [0, 0.1) is 6.92 Å². The van der Waals surface area contributed by atoms with Crippen LogP contribution in [0.3, 0.4) is 0 Å². The van der Waals surface area contributed by atoms with E-state index in [4.69, 9.17) is 10.5 Å². The van der Waals surface area contributed by atoms with Crippen LogP contribution in [0.2, 0.25) is 0 Å². The molecule has 8 heteroatoms. The van der Waals surface area contributed by atoms with Crippen molar-refractivity contribution < 1.29 is 14.3 Å². The molecule has 0 aliphatic heterocycles. The fraction of sp³-hybridized carbons (Fsp3) is 0.120. The van der Waals surface area contributed by atoms with Crippen LogP contribution >= 0.6 is 43.2 Å². The van der Waals surface area contributed by atoms with E-state index in [-0.39, 0.29) is 12.5 Å². The summed E-state index contributed by atoms with van der Waals surface area (Å²) in [6.07, 6.45) is 0.657. The molecule has 1 heterocycles. The third-order valence-corrected chi connectivity index (χ3v) is 7.71. The highest BCUT2D eigenvalue weighted by molar-refractivity contribution is 9.11. The van der Waals surface area contributed by atoms with Gasteiger partial charge in [0.15, 0.2) is 6.61 Å². The molecule has 0 saturated carbocycles. The van der Waals surface area contributed by atoms with Crippen molar-refractivity contribution in [2.24, 2.45) is 5.73 Å². The fourth-order valence-electron chi connectivity index (χ4n) is 3.56. The maximum atomic E-state index is 12.7. The van der Waals surface area contributed by atoms with Crippen molar-refractivity contribution in [2.75, 3.05) is 11.9 Å². The number of thiophene rings is 1. The summed E-state index contributed by atoms with van der Waals surface area (Å²) >= 11 is 8.40. The van der Waals surface area contributed by atoms with E-state index >= 15 is 0 Å². The Labute approximate surface area is 212 Å². The number of primary amides is 1. The summed E-state index contributed by atoms with van der Waals surface area (Å²) < 4.78 is 7.52. The fourth-order valence-corrected chi connectivity index (χ4v) is 5.80. The van der Waals surface area contributed by atoms with Gasteiger partial charge in [0.1, 0.15) is 10.8 Å². The van der Waals surface area contributed by atoms with Gasteiger partial charge in [0, 0.05) is 15.8 Å². The first-order chi connectivity index (χ1) is 15.8. The van der Waals surface area contributed by atoms with Gasteiger partial charge in [0.25, 0.3) is 11.8 Å². The first kappa shape index (κ1) is 23.5. The number of ether oxygens (including phenoxy) is 1. The van der Waals surface area contributed by atoms with Crippen molar-refractivity contribution in [1.82, 2.24) is 0 Å². The lowest BCUT2D eigenvalue weighted by atomic mass is 10.1. The van der Waals surface area contributed by atoms with Crippen LogP contribution in [0.1, 0.15) is 26.4 Å². The molecule has 0 fully saturated rings. The first-order valence-electron chi connectivity index (χ1n) is 10.1. The Balaban J connectivity index is 1.50. The zero-order valence-corrected chi connectivity index (χ0v) is 21.6. The van der Waals surface area contributed by atoms with Gasteiger partial charge in [0.05, 0.1) is 10.0 Å². The van der Waals surface area contributed by atoms with Gasteiger partial charge in [-0.25, -0.2) is 0 Å². The van der Waals surface area contributed by atoms with Crippen molar-refractivity contribution >= 4 is 70.8 Å². The number of hydrogen-bond acceptors (Lipinski definition) is 4. The number of amides is 2. The van der Waals surface area contributed by atoms with Gasteiger partial charge in [-0.05, 0) is 63.0 Å². The molecule has 0 radical (unpaired) electrons. The zero-order valence-electron chi connectivity index (χ0n) is 17.7. The van der Waals surface area contributed by atoms with Gasteiger partial charge in [-0.3, -0.25) is 9.59 Å².